The molecule has 0 rings (SSSR count). The van der Waals surface area contributed by atoms with Crippen LogP contribution >= 0.6 is 0 Å². The quantitative estimate of drug-likeness (QED) is 0.450. The highest BCUT2D eigenvalue weighted by Gasteiger charge is 1.96. The van der Waals surface area contributed by atoms with Crippen LogP contribution < -0.4 is 10.6 Å². The maximum atomic E-state index is 11.0. The van der Waals surface area contributed by atoms with Crippen molar-refractivity contribution in [3.63, 3.8) is 0 Å². The lowest BCUT2D eigenvalue weighted by Crippen LogP contribution is -2.37. The third-order valence-electron chi connectivity index (χ3n) is 1.77. The highest BCUT2D eigenvalue weighted by Crippen LogP contribution is 1.88. The van der Waals surface area contributed by atoms with E-state index in [-0.39, 0.29) is 12.8 Å². The summed E-state index contributed by atoms with van der Waals surface area (Å²) in [6.45, 7) is 4.50. The molecule has 2 amide bonds. The lowest BCUT2D eigenvalue weighted by Gasteiger charge is -2.06. The minimum Gasteiger partial charge on any atom is -0.381 e. The van der Waals surface area contributed by atoms with E-state index in [1.807, 2.05) is 0 Å². The molecule has 0 bridgehead atoms. The minimum absolute atomic E-state index is 0.203. The molecule has 0 atom stereocenters. The van der Waals surface area contributed by atoms with E-state index in [9.17, 15) is 4.79 Å². The highest BCUT2D eigenvalue weighted by molar-refractivity contribution is 5.73. The van der Waals surface area contributed by atoms with E-state index < -0.39 is 0 Å². The molecule has 90 valence electrons. The summed E-state index contributed by atoms with van der Waals surface area (Å²) in [5.74, 6) is 0. The number of amides is 2. The Bertz CT molecular complexity index is 154. The number of carbonyl (C=O) groups excluding carboxylic acids is 1. The normalized spacial score (nSPS) is 10.0. The Labute approximate surface area is 91.5 Å². The zero-order chi connectivity index (χ0) is 11.4. The molecule has 0 aromatic rings. The Morgan fingerprint density at radius 1 is 1.20 bits per heavy atom. The van der Waals surface area contributed by atoms with Gasteiger partial charge in [0.15, 0.2) is 0 Å². The Hall–Kier alpha value is -0.810. The summed E-state index contributed by atoms with van der Waals surface area (Å²) in [4.78, 5) is 11.0. The molecule has 0 aromatic carbocycles. The van der Waals surface area contributed by atoms with E-state index in [0.717, 1.165) is 25.9 Å². The average molecular weight is 218 g/mol. The molecule has 0 saturated heterocycles. The van der Waals surface area contributed by atoms with Crippen LogP contribution in [0.4, 0.5) is 4.79 Å². The molecule has 0 aromatic heterocycles. The van der Waals surface area contributed by atoms with Crippen molar-refractivity contribution >= 4 is 6.03 Å². The first kappa shape index (κ1) is 14.2. The fourth-order valence-electron chi connectivity index (χ4n) is 0.925. The molecule has 5 heteroatoms. The van der Waals surface area contributed by atoms with Gasteiger partial charge < -0.3 is 20.1 Å². The molecule has 0 unspecified atom stereocenters. The minimum atomic E-state index is -0.203. The van der Waals surface area contributed by atoms with Gasteiger partial charge in [-0.3, -0.25) is 0 Å². The summed E-state index contributed by atoms with van der Waals surface area (Å²) in [6.07, 6.45) is 3.09. The van der Waals surface area contributed by atoms with Crippen LogP contribution in [0, 0.1) is 0 Å². The van der Waals surface area contributed by atoms with Crippen LogP contribution in [-0.2, 0) is 9.47 Å². The van der Waals surface area contributed by atoms with Crippen LogP contribution in [0.3, 0.4) is 0 Å². The maximum absolute atomic E-state index is 11.0. The van der Waals surface area contributed by atoms with Gasteiger partial charge in [0.2, 0.25) is 0 Å². The second kappa shape index (κ2) is 11.3. The number of urea groups is 1. The Kier molecular flexibility index (Phi) is 10.7. The Balaban J connectivity index is 3.06. The number of rotatable bonds is 9. The molecule has 0 spiro atoms. The number of unbranched alkanes of at least 4 members (excludes halogenated alkanes) is 1. The predicted molar refractivity (Wildman–Crippen MR) is 58.8 cm³/mol. The standard InChI is InChI=1S/C10H22N2O3/c1-3-4-7-15-8-5-6-11-10(13)12-9-14-2/h3-9H2,1-2H3,(H2,11,12,13). The molecule has 15 heavy (non-hydrogen) atoms. The molecule has 5 nitrogen and oxygen atoms in total. The molecule has 0 saturated carbocycles. The molecule has 0 fully saturated rings. The van der Waals surface area contributed by atoms with Gasteiger partial charge in [-0.15, -0.1) is 0 Å². The van der Waals surface area contributed by atoms with Gasteiger partial charge in [-0.1, -0.05) is 13.3 Å². The molecule has 2 N–H and O–H groups in total. The predicted octanol–water partition coefficient (Wildman–Crippen LogP) is 1.10. The van der Waals surface area contributed by atoms with Crippen LogP contribution in [0.5, 0.6) is 0 Å². The number of methoxy groups -OCH3 is 1. The third kappa shape index (κ3) is 11.1. The van der Waals surface area contributed by atoms with Crippen LogP contribution in [0.1, 0.15) is 26.2 Å². The number of carbonyl (C=O) groups is 1. The van der Waals surface area contributed by atoms with Gasteiger partial charge in [-0.25, -0.2) is 4.79 Å². The average Bonchev–Trinajstić information content (AvgIpc) is 2.25. The molecular formula is C10H22N2O3. The van der Waals surface area contributed by atoms with Gasteiger partial charge in [0.05, 0.1) is 0 Å². The van der Waals surface area contributed by atoms with Gasteiger partial charge in [-0.2, -0.15) is 0 Å². The summed E-state index contributed by atoms with van der Waals surface area (Å²) < 4.78 is 10.0. The van der Waals surface area contributed by atoms with Crippen molar-refractivity contribution in [3.05, 3.63) is 0 Å². The summed E-state index contributed by atoms with van der Waals surface area (Å²) in [5.41, 5.74) is 0. The molecule has 0 aliphatic carbocycles. The van der Waals surface area contributed by atoms with E-state index in [2.05, 4.69) is 22.3 Å². The van der Waals surface area contributed by atoms with Crippen LogP contribution in [0.25, 0.3) is 0 Å². The first-order valence-electron chi connectivity index (χ1n) is 5.39. The van der Waals surface area contributed by atoms with Crippen molar-refractivity contribution in [2.45, 2.75) is 26.2 Å². The zero-order valence-corrected chi connectivity index (χ0v) is 9.67. The summed E-state index contributed by atoms with van der Waals surface area (Å²) in [5, 5.41) is 5.23. The van der Waals surface area contributed by atoms with Crippen molar-refractivity contribution in [3.8, 4) is 0 Å². The first-order valence-corrected chi connectivity index (χ1v) is 5.39. The lowest BCUT2D eigenvalue weighted by atomic mass is 10.4. The maximum Gasteiger partial charge on any atom is 0.316 e. The highest BCUT2D eigenvalue weighted by atomic mass is 16.5. The Morgan fingerprint density at radius 3 is 2.60 bits per heavy atom. The van der Waals surface area contributed by atoms with E-state index >= 15 is 0 Å². The van der Waals surface area contributed by atoms with Crippen molar-refractivity contribution in [2.75, 3.05) is 33.6 Å². The van der Waals surface area contributed by atoms with Crippen LogP contribution in [0.2, 0.25) is 0 Å². The summed E-state index contributed by atoms with van der Waals surface area (Å²) >= 11 is 0. The fraction of sp³-hybridized carbons (Fsp3) is 0.900. The largest absolute Gasteiger partial charge is 0.381 e. The second-order valence-electron chi connectivity index (χ2n) is 3.19. The van der Waals surface area contributed by atoms with Gasteiger partial charge in [0, 0.05) is 26.9 Å². The van der Waals surface area contributed by atoms with E-state index in [0.29, 0.717) is 13.2 Å². The molecule has 0 aliphatic heterocycles. The fourth-order valence-corrected chi connectivity index (χ4v) is 0.925. The second-order valence-corrected chi connectivity index (χ2v) is 3.19. The van der Waals surface area contributed by atoms with Gasteiger partial charge in [0.25, 0.3) is 0 Å². The topological polar surface area (TPSA) is 59.6 Å². The number of nitrogens with one attached hydrogen (secondary N) is 2. The van der Waals surface area contributed by atoms with Gasteiger partial charge in [0.1, 0.15) is 6.73 Å². The van der Waals surface area contributed by atoms with E-state index in [1.54, 1.807) is 0 Å². The SMILES string of the molecule is CCCCOCCCNC(=O)NCOC. The van der Waals surface area contributed by atoms with Gasteiger partial charge >= 0.3 is 6.03 Å². The van der Waals surface area contributed by atoms with Crippen molar-refractivity contribution < 1.29 is 14.3 Å². The zero-order valence-electron chi connectivity index (χ0n) is 9.67. The number of hydrogen-bond acceptors (Lipinski definition) is 3. The monoisotopic (exact) mass is 218 g/mol. The van der Waals surface area contributed by atoms with Crippen molar-refractivity contribution in [2.24, 2.45) is 0 Å². The summed E-state index contributed by atoms with van der Waals surface area (Å²) in [7, 11) is 1.53. The summed E-state index contributed by atoms with van der Waals surface area (Å²) in [6, 6.07) is -0.203. The van der Waals surface area contributed by atoms with Crippen molar-refractivity contribution in [1.29, 1.82) is 0 Å². The molecule has 0 heterocycles. The van der Waals surface area contributed by atoms with Crippen LogP contribution in [-0.4, -0.2) is 39.6 Å². The lowest BCUT2D eigenvalue weighted by molar-refractivity contribution is 0.128. The smallest absolute Gasteiger partial charge is 0.316 e. The molecule has 0 radical (unpaired) electrons. The van der Waals surface area contributed by atoms with Crippen molar-refractivity contribution in [1.82, 2.24) is 10.6 Å². The molecular weight excluding hydrogens is 196 g/mol. The first-order chi connectivity index (χ1) is 7.31. The third-order valence-corrected chi connectivity index (χ3v) is 1.77. The Morgan fingerprint density at radius 2 is 1.93 bits per heavy atom. The van der Waals surface area contributed by atoms with Crippen LogP contribution in [0.15, 0.2) is 0 Å². The van der Waals surface area contributed by atoms with E-state index in [1.165, 1.54) is 7.11 Å². The number of ether oxygens (including phenoxy) is 2. The van der Waals surface area contributed by atoms with E-state index in [4.69, 9.17) is 4.74 Å². The molecule has 0 aliphatic rings. The number of hydrogen-bond donors (Lipinski definition) is 2. The van der Waals surface area contributed by atoms with Gasteiger partial charge in [-0.05, 0) is 12.8 Å².